The Bertz CT molecular complexity index is 400. The number of aliphatic carboxylic acids is 1. The number of hydrogen-bond acceptors (Lipinski definition) is 2. The van der Waals surface area contributed by atoms with Crippen LogP contribution in [0.25, 0.3) is 0 Å². The van der Waals surface area contributed by atoms with Crippen molar-refractivity contribution in [2.24, 2.45) is 5.92 Å². The number of carbonyl (C=O) groups is 1. The zero-order chi connectivity index (χ0) is 13.7. The second kappa shape index (κ2) is 6.71. The van der Waals surface area contributed by atoms with Crippen LogP contribution < -0.4 is 5.32 Å². The molecule has 1 aliphatic rings. The van der Waals surface area contributed by atoms with Crippen LogP contribution in [-0.2, 0) is 11.2 Å². The van der Waals surface area contributed by atoms with E-state index >= 15 is 0 Å². The standard InChI is InChI=1S/C16H23NO2/c1-12(7-8-13-9-10-13)17-15(16(18)19)11-14-5-3-2-4-6-14/h2-6,12-13,15,17H,7-11H2,1H3,(H,18,19)/t12?,15-/m1/s1. The van der Waals surface area contributed by atoms with Gasteiger partial charge in [-0.3, -0.25) is 4.79 Å². The summed E-state index contributed by atoms with van der Waals surface area (Å²) in [5, 5.41) is 12.6. The van der Waals surface area contributed by atoms with Crippen molar-refractivity contribution in [3.05, 3.63) is 35.9 Å². The molecule has 3 nitrogen and oxygen atoms in total. The monoisotopic (exact) mass is 261 g/mol. The second-order valence-corrected chi connectivity index (χ2v) is 5.67. The van der Waals surface area contributed by atoms with Gasteiger partial charge < -0.3 is 10.4 Å². The van der Waals surface area contributed by atoms with Gasteiger partial charge in [-0.15, -0.1) is 0 Å². The van der Waals surface area contributed by atoms with Crippen molar-refractivity contribution in [3.8, 4) is 0 Å². The Morgan fingerprint density at radius 2 is 2.05 bits per heavy atom. The maximum atomic E-state index is 11.3. The molecule has 19 heavy (non-hydrogen) atoms. The molecule has 0 radical (unpaired) electrons. The lowest BCUT2D eigenvalue weighted by molar-refractivity contribution is -0.139. The van der Waals surface area contributed by atoms with E-state index in [9.17, 15) is 9.90 Å². The summed E-state index contributed by atoms with van der Waals surface area (Å²) in [5.74, 6) is 0.142. The molecule has 2 atom stereocenters. The quantitative estimate of drug-likeness (QED) is 0.756. The SMILES string of the molecule is CC(CCC1CC1)N[C@H](Cc1ccccc1)C(=O)O. The summed E-state index contributed by atoms with van der Waals surface area (Å²) in [5.41, 5.74) is 1.07. The van der Waals surface area contributed by atoms with Gasteiger partial charge >= 0.3 is 5.97 Å². The Balaban J connectivity index is 1.82. The number of carboxylic acid groups (broad SMARTS) is 1. The molecule has 0 aliphatic heterocycles. The molecule has 0 amide bonds. The molecule has 0 heterocycles. The molecular formula is C16H23NO2. The highest BCUT2D eigenvalue weighted by molar-refractivity contribution is 5.74. The predicted octanol–water partition coefficient (Wildman–Crippen LogP) is 2.85. The van der Waals surface area contributed by atoms with Crippen molar-refractivity contribution in [2.45, 2.75) is 51.1 Å². The van der Waals surface area contributed by atoms with Gasteiger partial charge in [0.15, 0.2) is 0 Å². The third-order valence-electron chi connectivity index (χ3n) is 3.77. The third kappa shape index (κ3) is 5.03. The van der Waals surface area contributed by atoms with Crippen LogP contribution in [-0.4, -0.2) is 23.2 Å². The molecule has 2 rings (SSSR count). The Morgan fingerprint density at radius 3 is 2.63 bits per heavy atom. The summed E-state index contributed by atoms with van der Waals surface area (Å²) < 4.78 is 0. The maximum Gasteiger partial charge on any atom is 0.321 e. The summed E-state index contributed by atoms with van der Waals surface area (Å²) in [6.07, 6.45) is 5.57. The number of hydrogen-bond donors (Lipinski definition) is 2. The minimum absolute atomic E-state index is 0.269. The van der Waals surface area contributed by atoms with Crippen molar-refractivity contribution in [3.63, 3.8) is 0 Å². The smallest absolute Gasteiger partial charge is 0.321 e. The maximum absolute atomic E-state index is 11.3. The van der Waals surface area contributed by atoms with Crippen molar-refractivity contribution in [2.75, 3.05) is 0 Å². The van der Waals surface area contributed by atoms with Crippen LogP contribution in [0.2, 0.25) is 0 Å². The van der Waals surface area contributed by atoms with E-state index in [1.807, 2.05) is 30.3 Å². The van der Waals surface area contributed by atoms with E-state index in [0.717, 1.165) is 17.9 Å². The average molecular weight is 261 g/mol. The van der Waals surface area contributed by atoms with Crippen LogP contribution in [0.1, 0.15) is 38.2 Å². The highest BCUT2D eigenvalue weighted by Gasteiger charge is 2.24. The van der Waals surface area contributed by atoms with E-state index < -0.39 is 12.0 Å². The van der Waals surface area contributed by atoms with Crippen molar-refractivity contribution < 1.29 is 9.90 Å². The summed E-state index contributed by atoms with van der Waals surface area (Å²) in [4.78, 5) is 11.3. The second-order valence-electron chi connectivity index (χ2n) is 5.67. The minimum atomic E-state index is -0.762. The van der Waals surface area contributed by atoms with Crippen LogP contribution in [0.15, 0.2) is 30.3 Å². The Labute approximate surface area is 115 Å². The number of carboxylic acids is 1. The molecule has 2 N–H and O–H groups in total. The van der Waals surface area contributed by atoms with Crippen LogP contribution >= 0.6 is 0 Å². The van der Waals surface area contributed by atoms with Gasteiger partial charge in [-0.2, -0.15) is 0 Å². The molecular weight excluding hydrogens is 238 g/mol. The third-order valence-corrected chi connectivity index (χ3v) is 3.77. The van der Waals surface area contributed by atoms with E-state index in [-0.39, 0.29) is 6.04 Å². The normalized spacial score (nSPS) is 17.9. The summed E-state index contributed by atoms with van der Waals surface area (Å²) >= 11 is 0. The van der Waals surface area contributed by atoms with Crippen LogP contribution in [0.3, 0.4) is 0 Å². The lowest BCUT2D eigenvalue weighted by atomic mass is 10.0. The first kappa shape index (κ1) is 14.1. The first-order chi connectivity index (χ1) is 9.15. The van der Waals surface area contributed by atoms with Gasteiger partial charge in [-0.05, 0) is 37.7 Å². The molecule has 0 saturated heterocycles. The van der Waals surface area contributed by atoms with Crippen molar-refractivity contribution in [1.29, 1.82) is 0 Å². The predicted molar refractivity (Wildman–Crippen MR) is 76.1 cm³/mol. The molecule has 1 aromatic rings. The first-order valence-electron chi connectivity index (χ1n) is 7.18. The van der Waals surface area contributed by atoms with E-state index in [2.05, 4.69) is 12.2 Å². The summed E-state index contributed by atoms with van der Waals surface area (Å²) in [6.45, 7) is 2.09. The first-order valence-corrected chi connectivity index (χ1v) is 7.18. The van der Waals surface area contributed by atoms with E-state index in [1.54, 1.807) is 0 Å². The van der Waals surface area contributed by atoms with E-state index in [4.69, 9.17) is 0 Å². The largest absolute Gasteiger partial charge is 0.480 e. The molecule has 1 unspecified atom stereocenters. The zero-order valence-electron chi connectivity index (χ0n) is 11.5. The molecule has 1 saturated carbocycles. The minimum Gasteiger partial charge on any atom is -0.480 e. The van der Waals surface area contributed by atoms with Crippen molar-refractivity contribution >= 4 is 5.97 Å². The van der Waals surface area contributed by atoms with Gasteiger partial charge in [0, 0.05) is 6.04 Å². The van der Waals surface area contributed by atoms with Gasteiger partial charge in [-0.25, -0.2) is 0 Å². The summed E-state index contributed by atoms with van der Waals surface area (Å²) in [6, 6.07) is 9.58. The van der Waals surface area contributed by atoms with Crippen molar-refractivity contribution in [1.82, 2.24) is 5.32 Å². The molecule has 1 fully saturated rings. The number of benzene rings is 1. The molecule has 0 bridgehead atoms. The number of rotatable bonds is 8. The fourth-order valence-electron chi connectivity index (χ4n) is 2.39. The Morgan fingerprint density at radius 1 is 1.37 bits per heavy atom. The fraction of sp³-hybridized carbons (Fsp3) is 0.562. The molecule has 3 heteroatoms. The topological polar surface area (TPSA) is 49.3 Å². The fourth-order valence-corrected chi connectivity index (χ4v) is 2.39. The molecule has 104 valence electrons. The van der Waals surface area contributed by atoms with Gasteiger partial charge in [0.05, 0.1) is 0 Å². The molecule has 0 spiro atoms. The van der Waals surface area contributed by atoms with E-state index in [0.29, 0.717) is 6.42 Å². The van der Waals surface area contributed by atoms with E-state index in [1.165, 1.54) is 19.3 Å². The molecule has 1 aromatic carbocycles. The van der Waals surface area contributed by atoms with Gasteiger partial charge in [0.25, 0.3) is 0 Å². The summed E-state index contributed by atoms with van der Waals surface area (Å²) in [7, 11) is 0. The zero-order valence-corrected chi connectivity index (χ0v) is 11.5. The molecule has 1 aliphatic carbocycles. The Hall–Kier alpha value is -1.35. The van der Waals surface area contributed by atoms with Gasteiger partial charge in [0.1, 0.15) is 6.04 Å². The Kier molecular flexibility index (Phi) is 4.97. The molecule has 0 aromatic heterocycles. The lowest BCUT2D eigenvalue weighted by Crippen LogP contribution is -2.43. The van der Waals surface area contributed by atoms with Gasteiger partial charge in [0.2, 0.25) is 0 Å². The average Bonchev–Trinajstić information content (AvgIpc) is 3.21. The van der Waals surface area contributed by atoms with Crippen LogP contribution in [0.4, 0.5) is 0 Å². The van der Waals surface area contributed by atoms with Gasteiger partial charge in [-0.1, -0.05) is 43.2 Å². The van der Waals surface area contributed by atoms with Crippen LogP contribution in [0.5, 0.6) is 0 Å². The highest BCUT2D eigenvalue weighted by atomic mass is 16.4. The lowest BCUT2D eigenvalue weighted by Gasteiger charge is -2.20. The number of nitrogens with one attached hydrogen (secondary N) is 1. The highest BCUT2D eigenvalue weighted by Crippen LogP contribution is 2.33. The van der Waals surface area contributed by atoms with Crippen LogP contribution in [0, 0.1) is 5.92 Å².